The molecule has 0 aliphatic carbocycles. The van der Waals surface area contributed by atoms with Gasteiger partial charge in [0, 0.05) is 44.1 Å². The predicted molar refractivity (Wildman–Crippen MR) is 139 cm³/mol. The SMILES string of the molecule is O=C(CCCn1cnc2ccccc2c1=O)NCC(CN1Cc2ccccc2C1=O)c1ccccc1. The zero-order valence-corrected chi connectivity index (χ0v) is 20.0. The highest BCUT2D eigenvalue weighted by Gasteiger charge is 2.29. The van der Waals surface area contributed by atoms with E-state index >= 15 is 0 Å². The minimum atomic E-state index is -0.0959. The number of fused-ring (bicyclic) bond motifs is 2. The fourth-order valence-corrected chi connectivity index (χ4v) is 4.74. The summed E-state index contributed by atoms with van der Waals surface area (Å²) in [6.07, 6.45) is 2.37. The van der Waals surface area contributed by atoms with Crippen LogP contribution in [-0.2, 0) is 17.9 Å². The Morgan fingerprint density at radius 1 is 0.944 bits per heavy atom. The highest BCUT2D eigenvalue weighted by Crippen LogP contribution is 2.26. The van der Waals surface area contributed by atoms with Crippen LogP contribution >= 0.6 is 0 Å². The predicted octanol–water partition coefficient (Wildman–Crippen LogP) is 3.73. The summed E-state index contributed by atoms with van der Waals surface area (Å²) in [6.45, 7) is 1.96. The van der Waals surface area contributed by atoms with Crippen LogP contribution in [0.1, 0.15) is 40.2 Å². The Morgan fingerprint density at radius 2 is 1.69 bits per heavy atom. The number of benzene rings is 3. The molecular formula is C29H28N4O3. The number of carbonyl (C=O) groups is 2. The van der Waals surface area contributed by atoms with Crippen molar-refractivity contribution in [1.29, 1.82) is 0 Å². The monoisotopic (exact) mass is 480 g/mol. The lowest BCUT2D eigenvalue weighted by molar-refractivity contribution is -0.121. The summed E-state index contributed by atoms with van der Waals surface area (Å²) >= 11 is 0. The largest absolute Gasteiger partial charge is 0.355 e. The molecule has 0 fully saturated rings. The summed E-state index contributed by atoms with van der Waals surface area (Å²) in [6, 6.07) is 24.9. The number of nitrogens with zero attached hydrogens (tertiary/aromatic N) is 3. The van der Waals surface area contributed by atoms with Gasteiger partial charge in [0.1, 0.15) is 0 Å². The molecule has 0 saturated carbocycles. The first-order valence-corrected chi connectivity index (χ1v) is 12.2. The number of hydrogen-bond donors (Lipinski definition) is 1. The second-order valence-electron chi connectivity index (χ2n) is 9.12. The number of aryl methyl sites for hydroxylation is 1. The van der Waals surface area contributed by atoms with Gasteiger partial charge in [-0.15, -0.1) is 0 Å². The van der Waals surface area contributed by atoms with Crippen molar-refractivity contribution in [2.75, 3.05) is 13.1 Å². The number of carbonyl (C=O) groups excluding carboxylic acids is 2. The fraction of sp³-hybridized carbons (Fsp3) is 0.241. The Kier molecular flexibility index (Phi) is 6.89. The second kappa shape index (κ2) is 10.6. The summed E-state index contributed by atoms with van der Waals surface area (Å²) in [5, 5.41) is 3.62. The van der Waals surface area contributed by atoms with Gasteiger partial charge in [-0.05, 0) is 35.7 Å². The molecule has 1 aromatic heterocycles. The average Bonchev–Trinajstić information content (AvgIpc) is 3.23. The third-order valence-electron chi connectivity index (χ3n) is 6.69. The molecule has 1 aliphatic heterocycles. The first-order valence-electron chi connectivity index (χ1n) is 12.2. The maximum absolute atomic E-state index is 12.9. The molecule has 5 rings (SSSR count). The van der Waals surface area contributed by atoms with E-state index in [4.69, 9.17) is 0 Å². The molecule has 36 heavy (non-hydrogen) atoms. The van der Waals surface area contributed by atoms with Crippen LogP contribution in [-0.4, -0.2) is 39.4 Å². The van der Waals surface area contributed by atoms with Crippen LogP contribution in [0, 0.1) is 0 Å². The maximum Gasteiger partial charge on any atom is 0.261 e. The standard InChI is InChI=1S/C29H28N4O3/c34-27(15-8-16-32-20-31-26-14-7-6-13-25(26)29(32)36)30-17-23(21-9-2-1-3-10-21)19-33-18-22-11-4-5-12-24(22)28(33)35/h1-7,9-14,20,23H,8,15-19H2,(H,30,34). The van der Waals surface area contributed by atoms with Gasteiger partial charge in [-0.25, -0.2) is 4.98 Å². The lowest BCUT2D eigenvalue weighted by atomic mass is 9.98. The Morgan fingerprint density at radius 3 is 2.53 bits per heavy atom. The van der Waals surface area contributed by atoms with E-state index in [2.05, 4.69) is 10.3 Å². The van der Waals surface area contributed by atoms with Crippen LogP contribution in [0.25, 0.3) is 10.9 Å². The molecule has 1 unspecified atom stereocenters. The first-order chi connectivity index (χ1) is 17.6. The number of nitrogens with one attached hydrogen (secondary N) is 1. The van der Waals surface area contributed by atoms with E-state index in [1.165, 1.54) is 0 Å². The summed E-state index contributed by atoms with van der Waals surface area (Å²) in [5.74, 6) is -0.0678. The van der Waals surface area contributed by atoms with Gasteiger partial charge in [0.15, 0.2) is 0 Å². The van der Waals surface area contributed by atoms with Crippen LogP contribution in [0.15, 0.2) is 90.0 Å². The van der Waals surface area contributed by atoms with Crippen molar-refractivity contribution in [2.45, 2.75) is 31.8 Å². The molecule has 1 aliphatic rings. The van der Waals surface area contributed by atoms with Crippen molar-refractivity contribution in [3.63, 3.8) is 0 Å². The molecule has 2 amide bonds. The van der Waals surface area contributed by atoms with Crippen LogP contribution < -0.4 is 10.9 Å². The third-order valence-corrected chi connectivity index (χ3v) is 6.69. The lowest BCUT2D eigenvalue weighted by Crippen LogP contribution is -2.36. The first kappa shape index (κ1) is 23.5. The molecule has 3 aromatic carbocycles. The molecule has 0 bridgehead atoms. The molecular weight excluding hydrogens is 452 g/mol. The maximum atomic E-state index is 12.9. The fourth-order valence-electron chi connectivity index (χ4n) is 4.74. The molecule has 0 saturated heterocycles. The van der Waals surface area contributed by atoms with Gasteiger partial charge in [0.25, 0.3) is 11.5 Å². The molecule has 7 heteroatoms. The van der Waals surface area contributed by atoms with Crippen LogP contribution in [0.4, 0.5) is 0 Å². The minimum absolute atomic E-state index is 0.0271. The van der Waals surface area contributed by atoms with Crippen molar-refractivity contribution in [1.82, 2.24) is 19.8 Å². The number of rotatable bonds is 9. The highest BCUT2D eigenvalue weighted by molar-refractivity contribution is 5.98. The van der Waals surface area contributed by atoms with Gasteiger partial charge < -0.3 is 10.2 Å². The normalized spacial score (nSPS) is 13.6. The van der Waals surface area contributed by atoms with Crippen molar-refractivity contribution in [3.8, 4) is 0 Å². The Balaban J connectivity index is 1.18. The van der Waals surface area contributed by atoms with Gasteiger partial charge in [-0.1, -0.05) is 60.7 Å². The summed E-state index contributed by atoms with van der Waals surface area (Å²) in [5.41, 5.74) is 3.45. The summed E-state index contributed by atoms with van der Waals surface area (Å²) < 4.78 is 1.55. The average molecular weight is 481 g/mol. The van der Waals surface area contributed by atoms with Gasteiger partial charge in [-0.3, -0.25) is 19.0 Å². The topological polar surface area (TPSA) is 84.3 Å². The van der Waals surface area contributed by atoms with Gasteiger partial charge in [-0.2, -0.15) is 0 Å². The Bertz CT molecular complexity index is 1450. The summed E-state index contributed by atoms with van der Waals surface area (Å²) in [4.78, 5) is 44.4. The highest BCUT2D eigenvalue weighted by atomic mass is 16.2. The van der Waals surface area contributed by atoms with E-state index < -0.39 is 0 Å². The molecule has 1 N–H and O–H groups in total. The zero-order valence-electron chi connectivity index (χ0n) is 20.0. The van der Waals surface area contributed by atoms with Crippen LogP contribution in [0.2, 0.25) is 0 Å². The van der Waals surface area contributed by atoms with E-state index in [-0.39, 0.29) is 23.3 Å². The molecule has 1 atom stereocenters. The van der Waals surface area contributed by atoms with Crippen molar-refractivity contribution < 1.29 is 9.59 Å². The van der Waals surface area contributed by atoms with E-state index in [1.807, 2.05) is 77.7 Å². The smallest absolute Gasteiger partial charge is 0.261 e. The molecule has 2 heterocycles. The van der Waals surface area contributed by atoms with E-state index in [9.17, 15) is 14.4 Å². The molecule has 0 radical (unpaired) electrons. The van der Waals surface area contributed by atoms with Gasteiger partial charge >= 0.3 is 0 Å². The number of para-hydroxylation sites is 1. The minimum Gasteiger partial charge on any atom is -0.355 e. The Hall–Kier alpha value is -4.26. The molecule has 4 aromatic rings. The number of amides is 2. The third kappa shape index (κ3) is 5.05. The number of hydrogen-bond acceptors (Lipinski definition) is 4. The second-order valence-corrected chi connectivity index (χ2v) is 9.12. The van der Waals surface area contributed by atoms with Crippen molar-refractivity contribution in [3.05, 3.63) is 112 Å². The van der Waals surface area contributed by atoms with Crippen LogP contribution in [0.5, 0.6) is 0 Å². The van der Waals surface area contributed by atoms with Crippen molar-refractivity contribution >= 4 is 22.7 Å². The van der Waals surface area contributed by atoms with Gasteiger partial charge in [0.2, 0.25) is 5.91 Å². The van der Waals surface area contributed by atoms with E-state index in [1.54, 1.807) is 17.0 Å². The van der Waals surface area contributed by atoms with Crippen molar-refractivity contribution in [2.24, 2.45) is 0 Å². The quantitative estimate of drug-likeness (QED) is 0.396. The lowest BCUT2D eigenvalue weighted by Gasteiger charge is -2.24. The van der Waals surface area contributed by atoms with E-state index in [0.29, 0.717) is 49.9 Å². The van der Waals surface area contributed by atoms with E-state index in [0.717, 1.165) is 16.7 Å². The van der Waals surface area contributed by atoms with Crippen LogP contribution in [0.3, 0.4) is 0 Å². The molecule has 182 valence electrons. The summed E-state index contributed by atoms with van der Waals surface area (Å²) in [7, 11) is 0. The molecule has 7 nitrogen and oxygen atoms in total. The van der Waals surface area contributed by atoms with Gasteiger partial charge in [0.05, 0.1) is 17.2 Å². The zero-order chi connectivity index (χ0) is 24.9. The Labute approximate surface area is 209 Å². The molecule has 0 spiro atoms. The number of aromatic nitrogens is 2.